The lowest BCUT2D eigenvalue weighted by molar-refractivity contribution is 0.0733. The minimum Gasteiger partial charge on any atom is -0.386 e. The van der Waals surface area contributed by atoms with Crippen LogP contribution in [-0.4, -0.2) is 38.4 Å². The highest BCUT2D eigenvalue weighted by Crippen LogP contribution is 2.35. The Hall–Kier alpha value is -3.21. The van der Waals surface area contributed by atoms with Crippen molar-refractivity contribution < 1.29 is 28.1 Å². The van der Waals surface area contributed by atoms with Crippen LogP contribution in [0, 0.1) is 30.9 Å². The van der Waals surface area contributed by atoms with E-state index in [4.69, 9.17) is 11.3 Å². The molecular formula is C33H35Br2F3N4O3. The molecule has 1 aliphatic rings. The number of aryl methyl sites for hydroxylation is 1. The van der Waals surface area contributed by atoms with Crippen molar-refractivity contribution in [3.8, 4) is 11.1 Å². The predicted octanol–water partition coefficient (Wildman–Crippen LogP) is 8.96. The van der Waals surface area contributed by atoms with Crippen molar-refractivity contribution in [1.82, 2.24) is 15.0 Å². The number of aliphatic hydroxyl groups is 2. The van der Waals surface area contributed by atoms with Gasteiger partial charge in [0, 0.05) is 57.4 Å². The van der Waals surface area contributed by atoms with Gasteiger partial charge >= 0.3 is 0 Å². The highest BCUT2D eigenvalue weighted by molar-refractivity contribution is 9.10. The van der Waals surface area contributed by atoms with E-state index in [1.54, 1.807) is 18.2 Å². The summed E-state index contributed by atoms with van der Waals surface area (Å²) >= 11 is 6.18. The van der Waals surface area contributed by atoms with Gasteiger partial charge in [0.15, 0.2) is 5.69 Å². The Balaban J connectivity index is 0.000000237. The molecule has 3 aromatic heterocycles. The molecule has 2 N–H and O–H groups in total. The van der Waals surface area contributed by atoms with Crippen LogP contribution in [0.2, 0.25) is 0 Å². The first-order valence-corrected chi connectivity index (χ1v) is 15.3. The van der Waals surface area contributed by atoms with Crippen LogP contribution in [0.5, 0.6) is 0 Å². The van der Waals surface area contributed by atoms with Crippen LogP contribution in [0.1, 0.15) is 57.2 Å². The van der Waals surface area contributed by atoms with Gasteiger partial charge in [0.25, 0.3) is 0 Å². The number of hydrogen-bond donors (Lipinski definition) is 2. The number of halogens is 5. The Labute approximate surface area is 278 Å². The fraction of sp³-hybridized carbons (Fsp3) is 0.333. The Morgan fingerprint density at radius 2 is 1.36 bits per heavy atom. The zero-order chi connectivity index (χ0) is 33.8. The predicted molar refractivity (Wildman–Crippen MR) is 175 cm³/mol. The zero-order valence-corrected chi connectivity index (χ0v) is 28.8. The lowest BCUT2D eigenvalue weighted by Crippen LogP contribution is -2.19. The largest absolute Gasteiger partial charge is 0.386 e. The molecule has 0 unspecified atom stereocenters. The van der Waals surface area contributed by atoms with E-state index in [-0.39, 0.29) is 16.9 Å². The first-order valence-electron chi connectivity index (χ1n) is 13.8. The molecular weight excluding hydrogens is 717 g/mol. The van der Waals surface area contributed by atoms with Crippen LogP contribution in [0.4, 0.5) is 18.9 Å². The number of ether oxygens (including phenoxy) is 1. The number of hydrogen-bond acceptors (Lipinski definition) is 6. The summed E-state index contributed by atoms with van der Waals surface area (Å²) in [5, 5.41) is 19.7. The monoisotopic (exact) mass is 750 g/mol. The second-order valence-electron chi connectivity index (χ2n) is 10.9. The normalized spacial score (nSPS) is 12.4. The molecule has 0 amide bonds. The van der Waals surface area contributed by atoms with Gasteiger partial charge in [-0.1, -0.05) is 18.2 Å². The molecule has 0 aliphatic carbocycles. The number of benzene rings is 1. The van der Waals surface area contributed by atoms with Gasteiger partial charge in [-0.2, -0.15) is 0 Å². The van der Waals surface area contributed by atoms with E-state index in [0.717, 1.165) is 42.9 Å². The lowest BCUT2D eigenvalue weighted by Gasteiger charge is -2.22. The van der Waals surface area contributed by atoms with Gasteiger partial charge in [-0.25, -0.2) is 18.0 Å². The summed E-state index contributed by atoms with van der Waals surface area (Å²) in [6, 6.07) is 6.59. The standard InChI is InChI=1S/C16H15FN2O.C8H9BrFNO.C5H3BrFN.C4H8O/c1-10-7-11(5-6-14(10)18-4)12-8-19-9-13(17)15(12)16(2,3)20;1-8(2,12)7-5(9)3-11-4-6(7)10;6-4-1-5(7)3-8-2-4;1-2-4-5-3-1/h5-9,20H,1-3H3;3-4,12H,1-2H3;1-3H;1-4H2. The maximum absolute atomic E-state index is 14.0. The van der Waals surface area contributed by atoms with Crippen LogP contribution in [0.15, 0.2) is 70.4 Å². The summed E-state index contributed by atoms with van der Waals surface area (Å²) in [7, 11) is 0. The average Bonchev–Trinajstić information content (AvgIpc) is 3.53. The fourth-order valence-electron chi connectivity index (χ4n) is 4.12. The summed E-state index contributed by atoms with van der Waals surface area (Å²) in [6.45, 7) is 17.0. The number of rotatable bonds is 3. The minimum atomic E-state index is -1.31. The minimum absolute atomic E-state index is 0.211. The van der Waals surface area contributed by atoms with Gasteiger partial charge in [0.2, 0.25) is 0 Å². The lowest BCUT2D eigenvalue weighted by atomic mass is 9.90. The summed E-state index contributed by atoms with van der Waals surface area (Å²) in [4.78, 5) is 14.5. The van der Waals surface area contributed by atoms with Crippen molar-refractivity contribution in [3.63, 3.8) is 0 Å². The van der Waals surface area contributed by atoms with Gasteiger partial charge in [0.05, 0.1) is 36.4 Å². The molecule has 0 spiro atoms. The van der Waals surface area contributed by atoms with Crippen LogP contribution < -0.4 is 0 Å². The van der Waals surface area contributed by atoms with Gasteiger partial charge in [-0.05, 0) is 96.5 Å². The van der Waals surface area contributed by atoms with E-state index >= 15 is 0 Å². The molecule has 1 fully saturated rings. The molecule has 0 radical (unpaired) electrons. The molecule has 7 nitrogen and oxygen atoms in total. The second kappa shape index (κ2) is 17.5. The molecule has 1 aliphatic heterocycles. The molecule has 240 valence electrons. The summed E-state index contributed by atoms with van der Waals surface area (Å²) in [6.07, 6.45) is 10.4. The Kier molecular flexibility index (Phi) is 14.7. The molecule has 12 heteroatoms. The van der Waals surface area contributed by atoms with E-state index in [1.165, 1.54) is 65.2 Å². The molecule has 0 saturated carbocycles. The molecule has 5 rings (SSSR count). The molecule has 1 saturated heterocycles. The number of pyridine rings is 3. The van der Waals surface area contributed by atoms with E-state index in [1.807, 2.05) is 6.92 Å². The van der Waals surface area contributed by atoms with Crippen molar-refractivity contribution in [1.29, 1.82) is 0 Å². The van der Waals surface area contributed by atoms with Crippen LogP contribution >= 0.6 is 31.9 Å². The van der Waals surface area contributed by atoms with Crippen LogP contribution in [0.3, 0.4) is 0 Å². The molecule has 4 aromatic rings. The van der Waals surface area contributed by atoms with Crippen LogP contribution in [0.25, 0.3) is 16.0 Å². The molecule has 45 heavy (non-hydrogen) atoms. The Morgan fingerprint density at radius 1 is 0.800 bits per heavy atom. The second-order valence-corrected chi connectivity index (χ2v) is 12.7. The van der Waals surface area contributed by atoms with Crippen LogP contribution in [-0.2, 0) is 15.9 Å². The third-order valence-electron chi connectivity index (χ3n) is 6.10. The molecule has 4 heterocycles. The average molecular weight is 752 g/mol. The van der Waals surface area contributed by atoms with E-state index < -0.39 is 22.8 Å². The highest BCUT2D eigenvalue weighted by Gasteiger charge is 2.26. The third-order valence-corrected chi connectivity index (χ3v) is 7.14. The van der Waals surface area contributed by atoms with E-state index in [0.29, 0.717) is 20.2 Å². The molecule has 1 aromatic carbocycles. The quantitative estimate of drug-likeness (QED) is 0.203. The maximum atomic E-state index is 14.0. The van der Waals surface area contributed by atoms with Gasteiger partial charge < -0.3 is 14.9 Å². The van der Waals surface area contributed by atoms with Gasteiger partial charge in [0.1, 0.15) is 17.5 Å². The summed E-state index contributed by atoms with van der Waals surface area (Å²) in [5.74, 6) is -1.36. The van der Waals surface area contributed by atoms with Crippen molar-refractivity contribution in [2.45, 2.75) is 58.7 Å². The van der Waals surface area contributed by atoms with Crippen molar-refractivity contribution in [2.24, 2.45) is 0 Å². The fourth-order valence-corrected chi connectivity index (χ4v) is 5.25. The first-order chi connectivity index (χ1) is 21.1. The van der Waals surface area contributed by atoms with E-state index in [2.05, 4.69) is 51.7 Å². The van der Waals surface area contributed by atoms with Crippen molar-refractivity contribution >= 4 is 37.5 Å². The van der Waals surface area contributed by atoms with Gasteiger partial charge in [-0.3, -0.25) is 15.0 Å². The Morgan fingerprint density at radius 3 is 1.76 bits per heavy atom. The summed E-state index contributed by atoms with van der Waals surface area (Å²) < 4.78 is 45.3. The van der Waals surface area contributed by atoms with Crippen molar-refractivity contribution in [3.05, 3.63) is 116 Å². The Bertz CT molecular complexity index is 1550. The highest BCUT2D eigenvalue weighted by atomic mass is 79.9. The third kappa shape index (κ3) is 12.2. The maximum Gasteiger partial charge on any atom is 0.190 e. The number of aromatic nitrogens is 3. The van der Waals surface area contributed by atoms with Crippen molar-refractivity contribution in [2.75, 3.05) is 13.2 Å². The topological polar surface area (TPSA) is 92.7 Å². The number of nitrogens with zero attached hydrogens (tertiary/aromatic N) is 4. The molecule has 0 atom stereocenters. The van der Waals surface area contributed by atoms with E-state index in [9.17, 15) is 23.4 Å². The molecule has 0 bridgehead atoms. The first kappa shape index (κ1) is 38.0. The zero-order valence-electron chi connectivity index (χ0n) is 25.6. The summed E-state index contributed by atoms with van der Waals surface area (Å²) in [5.41, 5.74) is 0.586. The van der Waals surface area contributed by atoms with Gasteiger partial charge in [-0.15, -0.1) is 0 Å². The SMILES string of the molecule is C1CCOC1.CC(C)(O)c1c(F)cncc1Br.Fc1cncc(Br)c1.[C-]#[N+]c1ccc(-c2cncc(F)c2C(C)(C)O)cc1C. The smallest absolute Gasteiger partial charge is 0.190 e.